The van der Waals surface area contributed by atoms with E-state index in [1.54, 1.807) is 12.1 Å². The largest absolute Gasteiger partial charge is 0.263 e. The monoisotopic (exact) mass is 211 g/mol. The molecular weight excluding hydrogens is 198 g/mol. The first kappa shape index (κ1) is 10.9. The van der Waals surface area contributed by atoms with E-state index >= 15 is 0 Å². The zero-order valence-electron chi connectivity index (χ0n) is 8.32. The molecule has 1 aromatic carbocycles. The molecule has 0 N–H and O–H groups in total. The SMILES string of the molecule is C=Nc1ccc(CC)cc1S(C)(=O)=O. The van der Waals surface area contributed by atoms with E-state index in [4.69, 9.17) is 0 Å². The Kier molecular flexibility index (Phi) is 3.06. The molecule has 0 heterocycles. The molecule has 1 aromatic rings. The van der Waals surface area contributed by atoms with Gasteiger partial charge in [-0.1, -0.05) is 13.0 Å². The van der Waals surface area contributed by atoms with E-state index in [0.29, 0.717) is 5.69 Å². The molecular formula is C10H13NO2S. The third-order valence-electron chi connectivity index (χ3n) is 2.00. The van der Waals surface area contributed by atoms with Crippen molar-refractivity contribution in [1.29, 1.82) is 0 Å². The molecule has 0 radical (unpaired) electrons. The fraction of sp³-hybridized carbons (Fsp3) is 0.300. The fourth-order valence-corrected chi connectivity index (χ4v) is 2.08. The molecule has 14 heavy (non-hydrogen) atoms. The highest BCUT2D eigenvalue weighted by molar-refractivity contribution is 7.90. The smallest absolute Gasteiger partial charge is 0.177 e. The molecule has 1 rings (SSSR count). The van der Waals surface area contributed by atoms with Crippen LogP contribution in [0.5, 0.6) is 0 Å². The predicted molar refractivity (Wildman–Crippen MR) is 58.1 cm³/mol. The van der Waals surface area contributed by atoms with E-state index in [1.807, 2.05) is 13.0 Å². The summed E-state index contributed by atoms with van der Waals surface area (Å²) in [5.41, 5.74) is 1.41. The lowest BCUT2D eigenvalue weighted by Gasteiger charge is -2.05. The number of sulfone groups is 1. The summed E-state index contributed by atoms with van der Waals surface area (Å²) in [4.78, 5) is 3.94. The van der Waals surface area contributed by atoms with E-state index in [9.17, 15) is 8.42 Å². The highest BCUT2D eigenvalue weighted by Gasteiger charge is 2.12. The minimum absolute atomic E-state index is 0.256. The Morgan fingerprint density at radius 2 is 2.07 bits per heavy atom. The van der Waals surface area contributed by atoms with Gasteiger partial charge in [-0.05, 0) is 30.8 Å². The van der Waals surface area contributed by atoms with Crippen LogP contribution in [0.25, 0.3) is 0 Å². The lowest BCUT2D eigenvalue weighted by atomic mass is 10.1. The summed E-state index contributed by atoms with van der Waals surface area (Å²) in [5, 5.41) is 0. The average Bonchev–Trinajstić information content (AvgIpc) is 2.15. The molecule has 0 atom stereocenters. The Hall–Kier alpha value is -1.16. The second kappa shape index (κ2) is 3.92. The second-order valence-corrected chi connectivity index (χ2v) is 5.07. The molecule has 0 aliphatic carbocycles. The molecule has 4 heteroatoms. The van der Waals surface area contributed by atoms with E-state index in [-0.39, 0.29) is 4.90 Å². The summed E-state index contributed by atoms with van der Waals surface area (Å²) < 4.78 is 22.8. The highest BCUT2D eigenvalue weighted by Crippen LogP contribution is 2.25. The van der Waals surface area contributed by atoms with Gasteiger partial charge in [0.25, 0.3) is 0 Å². The standard InChI is InChI=1S/C10H13NO2S/c1-4-8-5-6-9(11-2)10(7-8)14(3,12)13/h5-7H,2,4H2,1,3H3. The van der Waals surface area contributed by atoms with E-state index in [0.717, 1.165) is 12.0 Å². The van der Waals surface area contributed by atoms with Crippen molar-refractivity contribution in [3.8, 4) is 0 Å². The molecule has 0 aliphatic heterocycles. The molecule has 0 saturated heterocycles. The van der Waals surface area contributed by atoms with Gasteiger partial charge in [0.05, 0.1) is 10.6 Å². The van der Waals surface area contributed by atoms with Gasteiger partial charge in [-0.25, -0.2) is 8.42 Å². The van der Waals surface area contributed by atoms with Crippen molar-refractivity contribution in [3.05, 3.63) is 23.8 Å². The van der Waals surface area contributed by atoms with Crippen molar-refractivity contribution in [2.24, 2.45) is 4.99 Å². The number of aryl methyl sites for hydroxylation is 1. The van der Waals surface area contributed by atoms with Crippen LogP contribution < -0.4 is 0 Å². The topological polar surface area (TPSA) is 46.5 Å². The fourth-order valence-electron chi connectivity index (χ4n) is 1.21. The molecule has 0 spiro atoms. The Morgan fingerprint density at radius 1 is 1.43 bits per heavy atom. The molecule has 0 amide bonds. The first-order valence-corrected chi connectivity index (χ1v) is 6.18. The molecule has 0 saturated carbocycles. The number of hydrogen-bond acceptors (Lipinski definition) is 3. The van der Waals surface area contributed by atoms with Crippen molar-refractivity contribution in [3.63, 3.8) is 0 Å². The summed E-state index contributed by atoms with van der Waals surface area (Å²) >= 11 is 0. The van der Waals surface area contributed by atoms with E-state index in [1.165, 1.54) is 6.26 Å². The Labute approximate surface area is 84.4 Å². The lowest BCUT2D eigenvalue weighted by molar-refractivity contribution is 0.602. The predicted octanol–water partition coefficient (Wildman–Crippen LogP) is 1.98. The molecule has 0 aromatic heterocycles. The van der Waals surface area contributed by atoms with Crippen LogP contribution in [0.4, 0.5) is 5.69 Å². The van der Waals surface area contributed by atoms with Crippen LogP contribution in [-0.4, -0.2) is 21.4 Å². The van der Waals surface area contributed by atoms with Crippen molar-refractivity contribution < 1.29 is 8.42 Å². The first-order chi connectivity index (χ1) is 6.49. The van der Waals surface area contributed by atoms with E-state index < -0.39 is 9.84 Å². The van der Waals surface area contributed by atoms with Gasteiger partial charge in [-0.2, -0.15) is 0 Å². The van der Waals surface area contributed by atoms with Crippen LogP contribution in [0.2, 0.25) is 0 Å². The summed E-state index contributed by atoms with van der Waals surface area (Å²) in [6.45, 7) is 5.32. The molecule has 0 aliphatic rings. The Bertz CT molecular complexity index is 449. The lowest BCUT2D eigenvalue weighted by Crippen LogP contribution is -1.98. The summed E-state index contributed by atoms with van der Waals surface area (Å²) in [6, 6.07) is 5.19. The van der Waals surface area contributed by atoms with Crippen LogP contribution in [-0.2, 0) is 16.3 Å². The molecule has 0 unspecified atom stereocenters. The second-order valence-electron chi connectivity index (χ2n) is 3.09. The molecule has 3 nitrogen and oxygen atoms in total. The number of benzene rings is 1. The Morgan fingerprint density at radius 3 is 2.50 bits per heavy atom. The maximum Gasteiger partial charge on any atom is 0.177 e. The van der Waals surface area contributed by atoms with E-state index in [2.05, 4.69) is 11.7 Å². The maximum atomic E-state index is 11.4. The van der Waals surface area contributed by atoms with Crippen molar-refractivity contribution in [1.82, 2.24) is 0 Å². The van der Waals surface area contributed by atoms with Crippen LogP contribution in [0.3, 0.4) is 0 Å². The van der Waals surface area contributed by atoms with Crippen molar-refractivity contribution in [2.75, 3.05) is 6.26 Å². The van der Waals surface area contributed by atoms with Gasteiger partial charge < -0.3 is 0 Å². The van der Waals surface area contributed by atoms with Crippen LogP contribution in [0, 0.1) is 0 Å². The number of rotatable bonds is 3. The zero-order chi connectivity index (χ0) is 10.8. The number of hydrogen-bond donors (Lipinski definition) is 0. The quantitative estimate of drug-likeness (QED) is 0.718. The van der Waals surface area contributed by atoms with Gasteiger partial charge >= 0.3 is 0 Å². The van der Waals surface area contributed by atoms with Crippen molar-refractivity contribution in [2.45, 2.75) is 18.2 Å². The minimum atomic E-state index is -3.21. The van der Waals surface area contributed by atoms with Crippen LogP contribution in [0.1, 0.15) is 12.5 Å². The summed E-state index contributed by atoms with van der Waals surface area (Å²) in [5.74, 6) is 0. The summed E-state index contributed by atoms with van der Waals surface area (Å²) in [6.07, 6.45) is 1.98. The minimum Gasteiger partial charge on any atom is -0.263 e. The molecule has 0 fully saturated rings. The number of nitrogens with zero attached hydrogens (tertiary/aromatic N) is 1. The number of aliphatic imine (C=N–C) groups is 1. The van der Waals surface area contributed by atoms with Gasteiger partial charge in [-0.3, -0.25) is 4.99 Å². The highest BCUT2D eigenvalue weighted by atomic mass is 32.2. The van der Waals surface area contributed by atoms with Crippen molar-refractivity contribution >= 4 is 22.2 Å². The van der Waals surface area contributed by atoms with Crippen LogP contribution in [0.15, 0.2) is 28.1 Å². The maximum absolute atomic E-state index is 11.4. The third kappa shape index (κ3) is 2.20. The molecule has 76 valence electrons. The normalized spacial score (nSPS) is 11.3. The van der Waals surface area contributed by atoms with Gasteiger partial charge in [0.1, 0.15) is 0 Å². The van der Waals surface area contributed by atoms with Gasteiger partial charge in [-0.15, -0.1) is 0 Å². The average molecular weight is 211 g/mol. The van der Waals surface area contributed by atoms with Crippen LogP contribution >= 0.6 is 0 Å². The van der Waals surface area contributed by atoms with Gasteiger partial charge in [0.15, 0.2) is 9.84 Å². The third-order valence-corrected chi connectivity index (χ3v) is 3.13. The van der Waals surface area contributed by atoms with Gasteiger partial charge in [0.2, 0.25) is 0 Å². The summed E-state index contributed by atoms with van der Waals surface area (Å²) in [7, 11) is -3.21. The zero-order valence-corrected chi connectivity index (χ0v) is 9.13. The Balaban J connectivity index is 3.44. The van der Waals surface area contributed by atoms with Gasteiger partial charge in [0, 0.05) is 6.26 Å². The first-order valence-electron chi connectivity index (χ1n) is 4.28. The molecule has 0 bridgehead atoms.